The zero-order valence-electron chi connectivity index (χ0n) is 10.4. The van der Waals surface area contributed by atoms with Crippen molar-refractivity contribution >= 4 is 17.5 Å². The van der Waals surface area contributed by atoms with E-state index in [1.165, 1.54) is 6.33 Å². The zero-order chi connectivity index (χ0) is 13.0. The van der Waals surface area contributed by atoms with Crippen molar-refractivity contribution in [2.75, 3.05) is 17.3 Å². The molecule has 0 radical (unpaired) electrons. The lowest BCUT2D eigenvalue weighted by Gasteiger charge is -2.24. The van der Waals surface area contributed by atoms with Gasteiger partial charge in [-0.15, -0.1) is 0 Å². The summed E-state index contributed by atoms with van der Waals surface area (Å²) in [5.74, 6) is 6.68. The van der Waals surface area contributed by atoms with E-state index in [9.17, 15) is 4.79 Å². The lowest BCUT2D eigenvalue weighted by atomic mass is 10.1. The molecule has 1 atom stereocenters. The molecule has 1 aromatic heterocycles. The van der Waals surface area contributed by atoms with E-state index < -0.39 is 0 Å². The van der Waals surface area contributed by atoms with Crippen molar-refractivity contribution < 1.29 is 4.79 Å². The number of nitrogens with zero attached hydrogens (tertiary/aromatic N) is 2. The standard InChI is InChI=1S/C11H18N6O/c1-2-7-9(14-6-15-10(7)17-12)16-8-4-3-5-13-11(8)18/h6,8H,2-5,12H2,1H3,(H,13,18)(H2,14,15,16,17). The van der Waals surface area contributed by atoms with Crippen LogP contribution in [0, 0.1) is 0 Å². The number of carbonyl (C=O) groups excluding carboxylic acids is 1. The molecular weight excluding hydrogens is 232 g/mol. The van der Waals surface area contributed by atoms with E-state index in [-0.39, 0.29) is 11.9 Å². The Hall–Kier alpha value is -1.89. The number of nitrogens with one attached hydrogen (secondary N) is 3. The number of amides is 1. The fraction of sp³-hybridized carbons (Fsp3) is 0.545. The number of hydrazine groups is 1. The maximum atomic E-state index is 11.7. The maximum Gasteiger partial charge on any atom is 0.242 e. The molecule has 5 N–H and O–H groups in total. The van der Waals surface area contributed by atoms with Crippen LogP contribution in [0.25, 0.3) is 0 Å². The quantitative estimate of drug-likeness (QED) is 0.443. The van der Waals surface area contributed by atoms with E-state index in [0.29, 0.717) is 11.6 Å². The average Bonchev–Trinajstić information content (AvgIpc) is 2.41. The Labute approximate surface area is 106 Å². The Bertz CT molecular complexity index is 436. The number of nitrogens with two attached hydrogens (primary N) is 1. The van der Waals surface area contributed by atoms with Gasteiger partial charge in [0.25, 0.3) is 0 Å². The Morgan fingerprint density at radius 3 is 2.94 bits per heavy atom. The van der Waals surface area contributed by atoms with E-state index >= 15 is 0 Å². The van der Waals surface area contributed by atoms with Gasteiger partial charge in [-0.2, -0.15) is 0 Å². The van der Waals surface area contributed by atoms with Gasteiger partial charge in [0.15, 0.2) is 0 Å². The molecule has 98 valence electrons. The van der Waals surface area contributed by atoms with Crippen LogP contribution in [-0.4, -0.2) is 28.5 Å². The van der Waals surface area contributed by atoms with Gasteiger partial charge in [-0.25, -0.2) is 15.8 Å². The van der Waals surface area contributed by atoms with Crippen molar-refractivity contribution in [2.45, 2.75) is 32.2 Å². The summed E-state index contributed by atoms with van der Waals surface area (Å²) in [5, 5.41) is 6.00. The summed E-state index contributed by atoms with van der Waals surface area (Å²) in [6.45, 7) is 2.74. The number of piperidine rings is 1. The third kappa shape index (κ3) is 2.51. The number of carbonyl (C=O) groups is 1. The number of anilines is 2. The van der Waals surface area contributed by atoms with Crippen LogP contribution in [0.2, 0.25) is 0 Å². The molecule has 1 aliphatic heterocycles. The molecule has 1 aromatic rings. The second-order valence-corrected chi connectivity index (χ2v) is 4.18. The summed E-state index contributed by atoms with van der Waals surface area (Å²) in [6.07, 6.45) is 3.94. The summed E-state index contributed by atoms with van der Waals surface area (Å²) in [6, 6.07) is -0.232. The highest BCUT2D eigenvalue weighted by atomic mass is 16.2. The molecule has 0 bridgehead atoms. The fourth-order valence-corrected chi connectivity index (χ4v) is 2.07. The molecule has 1 amide bonds. The SMILES string of the molecule is CCc1c(NN)ncnc1NC1CCCNC1=O. The molecule has 1 unspecified atom stereocenters. The van der Waals surface area contributed by atoms with Gasteiger partial charge in [-0.1, -0.05) is 6.92 Å². The average molecular weight is 250 g/mol. The first-order valence-corrected chi connectivity index (χ1v) is 6.11. The van der Waals surface area contributed by atoms with Crippen LogP contribution in [0.5, 0.6) is 0 Å². The summed E-state index contributed by atoms with van der Waals surface area (Å²) in [4.78, 5) is 19.9. The Balaban J connectivity index is 2.20. The first kappa shape index (κ1) is 12.6. The first-order valence-electron chi connectivity index (χ1n) is 6.11. The molecule has 1 fully saturated rings. The Morgan fingerprint density at radius 2 is 2.28 bits per heavy atom. The first-order chi connectivity index (χ1) is 8.76. The zero-order valence-corrected chi connectivity index (χ0v) is 10.4. The van der Waals surface area contributed by atoms with Crippen molar-refractivity contribution in [3.63, 3.8) is 0 Å². The molecule has 0 aliphatic carbocycles. The lowest BCUT2D eigenvalue weighted by molar-refractivity contribution is -0.123. The van der Waals surface area contributed by atoms with Crippen LogP contribution in [-0.2, 0) is 11.2 Å². The molecule has 0 saturated carbocycles. The van der Waals surface area contributed by atoms with E-state index in [0.717, 1.165) is 31.4 Å². The molecular formula is C11H18N6O. The summed E-state index contributed by atoms with van der Waals surface area (Å²) >= 11 is 0. The molecule has 18 heavy (non-hydrogen) atoms. The normalized spacial score (nSPS) is 19.2. The minimum absolute atomic E-state index is 0.0178. The van der Waals surface area contributed by atoms with E-state index in [2.05, 4.69) is 26.0 Å². The topological polar surface area (TPSA) is 105 Å². The van der Waals surface area contributed by atoms with Crippen molar-refractivity contribution in [2.24, 2.45) is 5.84 Å². The highest BCUT2D eigenvalue weighted by Crippen LogP contribution is 2.21. The van der Waals surface area contributed by atoms with Crippen LogP contribution < -0.4 is 21.9 Å². The molecule has 0 spiro atoms. The number of hydrogen-bond acceptors (Lipinski definition) is 6. The molecule has 7 heteroatoms. The minimum atomic E-state index is -0.232. The molecule has 2 rings (SSSR count). The van der Waals surface area contributed by atoms with Crippen LogP contribution in [0.3, 0.4) is 0 Å². The third-order valence-corrected chi connectivity index (χ3v) is 3.03. The van der Waals surface area contributed by atoms with Crippen molar-refractivity contribution in [3.8, 4) is 0 Å². The molecule has 7 nitrogen and oxygen atoms in total. The van der Waals surface area contributed by atoms with Gasteiger partial charge in [0, 0.05) is 12.1 Å². The van der Waals surface area contributed by atoms with Gasteiger partial charge in [0.1, 0.15) is 24.0 Å². The number of aromatic nitrogens is 2. The monoisotopic (exact) mass is 250 g/mol. The van der Waals surface area contributed by atoms with Gasteiger partial charge in [0.2, 0.25) is 5.91 Å². The largest absolute Gasteiger partial charge is 0.358 e. The highest BCUT2D eigenvalue weighted by molar-refractivity contribution is 5.85. The number of hydrogen-bond donors (Lipinski definition) is 4. The van der Waals surface area contributed by atoms with Crippen molar-refractivity contribution in [1.29, 1.82) is 0 Å². The fourth-order valence-electron chi connectivity index (χ4n) is 2.07. The molecule has 0 aromatic carbocycles. The van der Waals surface area contributed by atoms with Crippen molar-refractivity contribution in [1.82, 2.24) is 15.3 Å². The predicted octanol–water partition coefficient (Wildman–Crippen LogP) is 0.0151. The second kappa shape index (κ2) is 5.63. The Morgan fingerprint density at radius 1 is 1.50 bits per heavy atom. The minimum Gasteiger partial charge on any atom is -0.358 e. The van der Waals surface area contributed by atoms with Gasteiger partial charge in [-0.3, -0.25) is 4.79 Å². The van der Waals surface area contributed by atoms with Gasteiger partial charge >= 0.3 is 0 Å². The van der Waals surface area contributed by atoms with Crippen molar-refractivity contribution in [3.05, 3.63) is 11.9 Å². The summed E-state index contributed by atoms with van der Waals surface area (Å²) in [5.41, 5.74) is 3.43. The number of rotatable bonds is 4. The summed E-state index contributed by atoms with van der Waals surface area (Å²) < 4.78 is 0. The van der Waals surface area contributed by atoms with E-state index in [1.54, 1.807) is 0 Å². The van der Waals surface area contributed by atoms with Crippen LogP contribution in [0.15, 0.2) is 6.33 Å². The maximum absolute atomic E-state index is 11.7. The highest BCUT2D eigenvalue weighted by Gasteiger charge is 2.23. The smallest absolute Gasteiger partial charge is 0.242 e. The molecule has 1 saturated heterocycles. The van der Waals surface area contributed by atoms with Gasteiger partial charge in [-0.05, 0) is 19.3 Å². The lowest BCUT2D eigenvalue weighted by Crippen LogP contribution is -2.44. The van der Waals surface area contributed by atoms with Gasteiger partial charge in [0.05, 0.1) is 0 Å². The molecule has 2 heterocycles. The van der Waals surface area contributed by atoms with Crippen LogP contribution >= 0.6 is 0 Å². The molecule has 1 aliphatic rings. The summed E-state index contributed by atoms with van der Waals surface area (Å²) in [7, 11) is 0. The van der Waals surface area contributed by atoms with Crippen LogP contribution in [0.4, 0.5) is 11.6 Å². The third-order valence-electron chi connectivity index (χ3n) is 3.03. The Kier molecular flexibility index (Phi) is 3.93. The number of nitrogen functional groups attached to an aromatic ring is 1. The van der Waals surface area contributed by atoms with E-state index in [4.69, 9.17) is 5.84 Å². The van der Waals surface area contributed by atoms with Gasteiger partial charge < -0.3 is 16.1 Å². The van der Waals surface area contributed by atoms with E-state index in [1.807, 2.05) is 6.92 Å². The second-order valence-electron chi connectivity index (χ2n) is 4.18. The van der Waals surface area contributed by atoms with Crippen LogP contribution in [0.1, 0.15) is 25.3 Å². The predicted molar refractivity (Wildman–Crippen MR) is 68.9 cm³/mol.